The van der Waals surface area contributed by atoms with Crippen LogP contribution in [0.5, 0.6) is 0 Å². The number of rotatable bonds is 1. The maximum atomic E-state index is 11.8. The van der Waals surface area contributed by atoms with E-state index in [9.17, 15) is 4.79 Å². The summed E-state index contributed by atoms with van der Waals surface area (Å²) in [6, 6.07) is 16.7. The fourth-order valence-corrected chi connectivity index (χ4v) is 2.76. The van der Waals surface area contributed by atoms with E-state index in [1.165, 1.54) is 16.7 Å². The molecule has 1 aliphatic rings. The predicted molar refractivity (Wildman–Crippen MR) is 77.3 cm³/mol. The summed E-state index contributed by atoms with van der Waals surface area (Å²) in [7, 11) is 0. The minimum absolute atomic E-state index is 0.114. The highest BCUT2D eigenvalue weighted by Crippen LogP contribution is 2.36. The van der Waals surface area contributed by atoms with Crippen molar-refractivity contribution in [3.63, 3.8) is 0 Å². The first-order valence-corrected chi connectivity index (χ1v) is 6.69. The second-order valence-corrected chi connectivity index (χ2v) is 5.14. The summed E-state index contributed by atoms with van der Waals surface area (Å²) in [5.74, 6) is 0.415. The first-order valence-electron chi connectivity index (χ1n) is 6.69. The third-order valence-electron chi connectivity index (χ3n) is 3.72. The Morgan fingerprint density at radius 1 is 1.11 bits per heavy atom. The summed E-state index contributed by atoms with van der Waals surface area (Å²) in [6.07, 6.45) is 1.44. The Bertz CT molecular complexity index is 604. The van der Waals surface area contributed by atoms with Crippen LogP contribution in [0.3, 0.4) is 0 Å². The number of nitrogens with one attached hydrogen (secondary N) is 1. The molecule has 0 fully saturated rings. The van der Waals surface area contributed by atoms with Gasteiger partial charge in [-0.25, -0.2) is 0 Å². The molecule has 96 valence electrons. The Morgan fingerprint density at radius 3 is 2.68 bits per heavy atom. The fraction of sp³-hybridized carbons (Fsp3) is 0.235. The number of fused-ring (bicyclic) bond motifs is 1. The quantitative estimate of drug-likeness (QED) is 0.819. The monoisotopic (exact) mass is 251 g/mol. The molecule has 2 aromatic rings. The summed E-state index contributed by atoms with van der Waals surface area (Å²) < 4.78 is 0. The number of aryl methyl sites for hydroxylation is 1. The van der Waals surface area contributed by atoms with Gasteiger partial charge in [-0.15, -0.1) is 0 Å². The van der Waals surface area contributed by atoms with Gasteiger partial charge in [0.1, 0.15) is 0 Å². The van der Waals surface area contributed by atoms with Crippen LogP contribution in [-0.2, 0) is 4.79 Å². The minimum Gasteiger partial charge on any atom is -0.326 e. The van der Waals surface area contributed by atoms with E-state index < -0.39 is 0 Å². The maximum absolute atomic E-state index is 11.8. The summed E-state index contributed by atoms with van der Waals surface area (Å²) in [5.41, 5.74) is 4.71. The molecule has 1 amide bonds. The van der Waals surface area contributed by atoms with Crippen molar-refractivity contribution < 1.29 is 4.79 Å². The van der Waals surface area contributed by atoms with E-state index in [0.717, 1.165) is 12.1 Å². The number of hydrogen-bond acceptors (Lipinski definition) is 1. The van der Waals surface area contributed by atoms with Crippen LogP contribution in [0.15, 0.2) is 48.5 Å². The Morgan fingerprint density at radius 2 is 1.89 bits per heavy atom. The zero-order valence-corrected chi connectivity index (χ0v) is 11.0. The molecular weight excluding hydrogens is 234 g/mol. The molecular formula is C17H17NO. The largest absolute Gasteiger partial charge is 0.326 e. The molecule has 1 atom stereocenters. The lowest BCUT2D eigenvalue weighted by Crippen LogP contribution is -2.09. The summed E-state index contributed by atoms with van der Waals surface area (Å²) in [4.78, 5) is 11.8. The minimum atomic E-state index is 0.114. The van der Waals surface area contributed by atoms with Crippen molar-refractivity contribution in [1.82, 2.24) is 0 Å². The van der Waals surface area contributed by atoms with Gasteiger partial charge in [0.2, 0.25) is 5.91 Å². The van der Waals surface area contributed by atoms with Crippen LogP contribution in [0.2, 0.25) is 0 Å². The van der Waals surface area contributed by atoms with E-state index in [4.69, 9.17) is 0 Å². The molecule has 1 aliphatic heterocycles. The van der Waals surface area contributed by atoms with Crippen LogP contribution in [-0.4, -0.2) is 5.91 Å². The van der Waals surface area contributed by atoms with Crippen LogP contribution in [0.25, 0.3) is 0 Å². The lowest BCUT2D eigenvalue weighted by molar-refractivity contribution is -0.116. The van der Waals surface area contributed by atoms with E-state index in [0.29, 0.717) is 12.3 Å². The third-order valence-corrected chi connectivity index (χ3v) is 3.72. The van der Waals surface area contributed by atoms with Gasteiger partial charge < -0.3 is 5.32 Å². The molecule has 0 bridgehead atoms. The standard InChI is InChI=1S/C17H17NO/c1-12-7-9-16-15(11-12)14(8-10-17(19)18-16)13-5-3-2-4-6-13/h2-7,9,11,14H,8,10H2,1H3,(H,18,19)/t14-/m0/s1. The van der Waals surface area contributed by atoms with Crippen LogP contribution in [0, 0.1) is 6.92 Å². The first-order chi connectivity index (χ1) is 9.24. The molecule has 0 saturated carbocycles. The van der Waals surface area contributed by atoms with Crippen LogP contribution >= 0.6 is 0 Å². The second-order valence-electron chi connectivity index (χ2n) is 5.14. The predicted octanol–water partition coefficient (Wildman–Crippen LogP) is 3.86. The molecule has 0 spiro atoms. The zero-order chi connectivity index (χ0) is 13.2. The van der Waals surface area contributed by atoms with Crippen molar-refractivity contribution in [1.29, 1.82) is 0 Å². The number of hydrogen-bond donors (Lipinski definition) is 1. The molecule has 2 heteroatoms. The normalized spacial score (nSPS) is 18.4. The number of carbonyl (C=O) groups is 1. The average molecular weight is 251 g/mol. The molecule has 2 aromatic carbocycles. The summed E-state index contributed by atoms with van der Waals surface area (Å²) in [5, 5.41) is 3.01. The number of benzene rings is 2. The number of carbonyl (C=O) groups excluding carboxylic acids is 1. The van der Waals surface area contributed by atoms with Crippen LogP contribution in [0.1, 0.15) is 35.4 Å². The van der Waals surface area contributed by atoms with E-state index in [2.05, 4.69) is 42.6 Å². The molecule has 1 heterocycles. The molecule has 0 aliphatic carbocycles. The van der Waals surface area contributed by atoms with Gasteiger partial charge >= 0.3 is 0 Å². The highest BCUT2D eigenvalue weighted by atomic mass is 16.1. The molecule has 1 N–H and O–H groups in total. The molecule has 0 aromatic heterocycles. The van der Waals surface area contributed by atoms with Crippen molar-refractivity contribution in [2.24, 2.45) is 0 Å². The lowest BCUT2D eigenvalue weighted by Gasteiger charge is -2.18. The summed E-state index contributed by atoms with van der Waals surface area (Å²) in [6.45, 7) is 2.09. The summed E-state index contributed by atoms with van der Waals surface area (Å²) >= 11 is 0. The van der Waals surface area contributed by atoms with Gasteiger partial charge in [0.15, 0.2) is 0 Å². The van der Waals surface area contributed by atoms with Crippen molar-refractivity contribution in [3.8, 4) is 0 Å². The molecule has 19 heavy (non-hydrogen) atoms. The van der Waals surface area contributed by atoms with Crippen LogP contribution < -0.4 is 5.32 Å². The smallest absolute Gasteiger partial charge is 0.224 e. The van der Waals surface area contributed by atoms with Crippen molar-refractivity contribution >= 4 is 11.6 Å². The highest BCUT2D eigenvalue weighted by molar-refractivity contribution is 5.92. The number of amides is 1. The van der Waals surface area contributed by atoms with Gasteiger partial charge in [0.05, 0.1) is 0 Å². The van der Waals surface area contributed by atoms with Crippen LogP contribution in [0.4, 0.5) is 5.69 Å². The van der Waals surface area contributed by atoms with E-state index in [1.807, 2.05) is 18.2 Å². The fourth-order valence-electron chi connectivity index (χ4n) is 2.76. The Hall–Kier alpha value is -2.09. The first kappa shape index (κ1) is 12.0. The lowest BCUT2D eigenvalue weighted by atomic mass is 9.87. The van der Waals surface area contributed by atoms with Crippen molar-refractivity contribution in [2.45, 2.75) is 25.7 Å². The van der Waals surface area contributed by atoms with Gasteiger partial charge in [-0.3, -0.25) is 4.79 Å². The molecule has 0 saturated heterocycles. The Balaban J connectivity index is 2.11. The molecule has 0 radical (unpaired) electrons. The van der Waals surface area contributed by atoms with Gasteiger partial charge in [-0.05, 0) is 30.5 Å². The maximum Gasteiger partial charge on any atom is 0.224 e. The van der Waals surface area contributed by atoms with E-state index in [1.54, 1.807) is 0 Å². The molecule has 2 nitrogen and oxygen atoms in total. The van der Waals surface area contributed by atoms with Gasteiger partial charge in [-0.1, -0.05) is 48.0 Å². The average Bonchev–Trinajstić information content (AvgIpc) is 2.58. The molecule has 3 rings (SSSR count). The number of anilines is 1. The van der Waals surface area contributed by atoms with Gasteiger partial charge in [0.25, 0.3) is 0 Å². The van der Waals surface area contributed by atoms with Crippen molar-refractivity contribution in [3.05, 3.63) is 65.2 Å². The second kappa shape index (κ2) is 4.88. The Labute approximate surface area is 113 Å². The van der Waals surface area contributed by atoms with Gasteiger partial charge in [0, 0.05) is 18.0 Å². The van der Waals surface area contributed by atoms with E-state index >= 15 is 0 Å². The van der Waals surface area contributed by atoms with E-state index in [-0.39, 0.29) is 5.91 Å². The Kier molecular flexibility index (Phi) is 3.08. The third kappa shape index (κ3) is 2.39. The highest BCUT2D eigenvalue weighted by Gasteiger charge is 2.23. The van der Waals surface area contributed by atoms with Crippen molar-refractivity contribution in [2.75, 3.05) is 5.32 Å². The topological polar surface area (TPSA) is 29.1 Å². The zero-order valence-electron chi connectivity index (χ0n) is 11.0. The van der Waals surface area contributed by atoms with Gasteiger partial charge in [-0.2, -0.15) is 0 Å². The molecule has 0 unspecified atom stereocenters. The SMILES string of the molecule is Cc1ccc2c(c1)[C@H](c1ccccc1)CCC(=O)N2.